The van der Waals surface area contributed by atoms with Crippen molar-refractivity contribution in [2.45, 2.75) is 38.5 Å². The highest BCUT2D eigenvalue weighted by Gasteiger charge is 2.18. The number of nitrogens with one attached hydrogen (secondary N) is 1. The Bertz CT molecular complexity index is 287. The number of piperidine rings is 1. The first-order valence-corrected chi connectivity index (χ1v) is 6.25. The van der Waals surface area contributed by atoms with Crippen molar-refractivity contribution in [2.75, 3.05) is 13.1 Å². The molecule has 0 spiro atoms. The van der Waals surface area contributed by atoms with Crippen molar-refractivity contribution in [3.8, 4) is 0 Å². The molecule has 2 rings (SSSR count). The second-order valence-corrected chi connectivity index (χ2v) is 5.39. The standard InChI is InChI=1S/C11H18N2S/c1-8(2)10-7-13-11(14-10)9-4-3-5-12-6-9/h7-9,12H,3-6H2,1-2H3. The van der Waals surface area contributed by atoms with Crippen molar-refractivity contribution in [1.29, 1.82) is 0 Å². The van der Waals surface area contributed by atoms with Crippen LogP contribution >= 0.6 is 11.3 Å². The van der Waals surface area contributed by atoms with E-state index in [2.05, 4.69) is 30.3 Å². The minimum absolute atomic E-state index is 0.623. The van der Waals surface area contributed by atoms with Crippen LogP contribution in [0.15, 0.2) is 6.20 Å². The van der Waals surface area contributed by atoms with Crippen LogP contribution in [0.2, 0.25) is 0 Å². The van der Waals surface area contributed by atoms with Crippen LogP contribution in [0.4, 0.5) is 0 Å². The lowest BCUT2D eigenvalue weighted by atomic mass is 10.0. The molecule has 1 fully saturated rings. The average Bonchev–Trinajstić information content (AvgIpc) is 2.68. The minimum Gasteiger partial charge on any atom is -0.316 e. The van der Waals surface area contributed by atoms with Gasteiger partial charge in [0.05, 0.1) is 5.01 Å². The summed E-state index contributed by atoms with van der Waals surface area (Å²) in [6.07, 6.45) is 4.65. The molecule has 1 aliphatic rings. The maximum Gasteiger partial charge on any atom is 0.0971 e. The number of aromatic nitrogens is 1. The molecule has 0 aliphatic carbocycles. The number of hydrogen-bond acceptors (Lipinski definition) is 3. The first-order chi connectivity index (χ1) is 6.77. The van der Waals surface area contributed by atoms with Gasteiger partial charge < -0.3 is 5.32 Å². The largest absolute Gasteiger partial charge is 0.316 e. The van der Waals surface area contributed by atoms with Crippen molar-refractivity contribution >= 4 is 11.3 Å². The fourth-order valence-electron chi connectivity index (χ4n) is 1.82. The van der Waals surface area contributed by atoms with Gasteiger partial charge in [-0.2, -0.15) is 0 Å². The molecule has 1 unspecified atom stereocenters. The van der Waals surface area contributed by atoms with Crippen LogP contribution in [0.1, 0.15) is 48.4 Å². The molecule has 1 atom stereocenters. The van der Waals surface area contributed by atoms with E-state index >= 15 is 0 Å². The van der Waals surface area contributed by atoms with Gasteiger partial charge in [-0.15, -0.1) is 11.3 Å². The Morgan fingerprint density at radius 1 is 1.57 bits per heavy atom. The van der Waals surface area contributed by atoms with Crippen LogP contribution < -0.4 is 5.32 Å². The van der Waals surface area contributed by atoms with Crippen LogP contribution in [0.3, 0.4) is 0 Å². The third-order valence-corrected chi connectivity index (χ3v) is 4.22. The van der Waals surface area contributed by atoms with E-state index in [1.807, 2.05) is 11.3 Å². The number of thiazole rings is 1. The van der Waals surface area contributed by atoms with E-state index in [0.29, 0.717) is 11.8 Å². The summed E-state index contributed by atoms with van der Waals surface area (Å²) in [7, 11) is 0. The summed E-state index contributed by atoms with van der Waals surface area (Å²) in [6.45, 7) is 6.76. The lowest BCUT2D eigenvalue weighted by molar-refractivity contribution is 0.460. The molecule has 0 saturated carbocycles. The van der Waals surface area contributed by atoms with Gasteiger partial charge in [-0.3, -0.25) is 0 Å². The minimum atomic E-state index is 0.623. The second kappa shape index (κ2) is 4.41. The first-order valence-electron chi connectivity index (χ1n) is 5.43. The van der Waals surface area contributed by atoms with Gasteiger partial charge in [0.25, 0.3) is 0 Å². The maximum absolute atomic E-state index is 4.54. The topological polar surface area (TPSA) is 24.9 Å². The summed E-state index contributed by atoms with van der Waals surface area (Å²) in [4.78, 5) is 5.96. The third-order valence-electron chi connectivity index (χ3n) is 2.76. The summed E-state index contributed by atoms with van der Waals surface area (Å²) in [6, 6.07) is 0. The van der Waals surface area contributed by atoms with Crippen molar-refractivity contribution < 1.29 is 0 Å². The van der Waals surface area contributed by atoms with Crippen LogP contribution in [0.5, 0.6) is 0 Å². The second-order valence-electron chi connectivity index (χ2n) is 4.30. The Kier molecular flexibility index (Phi) is 3.19. The Morgan fingerprint density at radius 2 is 2.43 bits per heavy atom. The van der Waals surface area contributed by atoms with E-state index < -0.39 is 0 Å². The summed E-state index contributed by atoms with van der Waals surface area (Å²) >= 11 is 1.90. The smallest absolute Gasteiger partial charge is 0.0971 e. The lowest BCUT2D eigenvalue weighted by Crippen LogP contribution is -2.28. The van der Waals surface area contributed by atoms with Crippen molar-refractivity contribution in [3.05, 3.63) is 16.1 Å². The van der Waals surface area contributed by atoms with Crippen molar-refractivity contribution in [1.82, 2.24) is 10.3 Å². The van der Waals surface area contributed by atoms with E-state index in [1.54, 1.807) is 0 Å². The Morgan fingerprint density at radius 3 is 3.00 bits per heavy atom. The molecular weight excluding hydrogens is 192 g/mol. The Balaban J connectivity index is 2.07. The molecule has 1 aliphatic heterocycles. The monoisotopic (exact) mass is 210 g/mol. The van der Waals surface area contributed by atoms with E-state index in [1.165, 1.54) is 29.3 Å². The Labute approximate surface area is 89.8 Å². The van der Waals surface area contributed by atoms with Crippen LogP contribution in [0, 0.1) is 0 Å². The highest BCUT2D eigenvalue weighted by Crippen LogP contribution is 2.30. The molecule has 78 valence electrons. The molecule has 1 N–H and O–H groups in total. The molecule has 14 heavy (non-hydrogen) atoms. The van der Waals surface area contributed by atoms with E-state index in [-0.39, 0.29) is 0 Å². The van der Waals surface area contributed by atoms with Crippen molar-refractivity contribution in [3.63, 3.8) is 0 Å². The van der Waals surface area contributed by atoms with Gasteiger partial charge in [0.1, 0.15) is 0 Å². The molecule has 2 nitrogen and oxygen atoms in total. The summed E-state index contributed by atoms with van der Waals surface area (Å²) in [5, 5.41) is 4.77. The molecule has 2 heterocycles. The zero-order chi connectivity index (χ0) is 9.97. The van der Waals surface area contributed by atoms with Gasteiger partial charge in [0.2, 0.25) is 0 Å². The number of hydrogen-bond donors (Lipinski definition) is 1. The highest BCUT2D eigenvalue weighted by molar-refractivity contribution is 7.11. The highest BCUT2D eigenvalue weighted by atomic mass is 32.1. The number of rotatable bonds is 2. The van der Waals surface area contributed by atoms with Crippen LogP contribution in [-0.2, 0) is 0 Å². The van der Waals surface area contributed by atoms with Gasteiger partial charge in [0, 0.05) is 23.5 Å². The van der Waals surface area contributed by atoms with Gasteiger partial charge in [-0.25, -0.2) is 4.98 Å². The summed E-state index contributed by atoms with van der Waals surface area (Å²) < 4.78 is 0. The molecule has 3 heteroatoms. The summed E-state index contributed by atoms with van der Waals surface area (Å²) in [5.74, 6) is 1.29. The van der Waals surface area contributed by atoms with Gasteiger partial charge in [-0.05, 0) is 25.3 Å². The zero-order valence-corrected chi connectivity index (χ0v) is 9.73. The molecule has 1 saturated heterocycles. The molecule has 0 bridgehead atoms. The SMILES string of the molecule is CC(C)c1cnc(C2CCCNC2)s1. The molecule has 1 aromatic heterocycles. The van der Waals surface area contributed by atoms with E-state index in [4.69, 9.17) is 0 Å². The van der Waals surface area contributed by atoms with Crippen LogP contribution in [-0.4, -0.2) is 18.1 Å². The van der Waals surface area contributed by atoms with Gasteiger partial charge in [-0.1, -0.05) is 13.8 Å². The van der Waals surface area contributed by atoms with E-state index in [0.717, 1.165) is 6.54 Å². The fraction of sp³-hybridized carbons (Fsp3) is 0.727. The van der Waals surface area contributed by atoms with Crippen molar-refractivity contribution in [2.24, 2.45) is 0 Å². The summed E-state index contributed by atoms with van der Waals surface area (Å²) in [5.41, 5.74) is 0. The molecule has 0 amide bonds. The zero-order valence-electron chi connectivity index (χ0n) is 8.92. The predicted molar refractivity (Wildman–Crippen MR) is 61.0 cm³/mol. The maximum atomic E-state index is 4.54. The quantitative estimate of drug-likeness (QED) is 0.812. The normalized spacial score (nSPS) is 22.9. The predicted octanol–water partition coefficient (Wildman–Crippen LogP) is 2.73. The van der Waals surface area contributed by atoms with E-state index in [9.17, 15) is 0 Å². The van der Waals surface area contributed by atoms with Gasteiger partial charge >= 0.3 is 0 Å². The molecule has 0 radical (unpaired) electrons. The molecule has 0 aromatic carbocycles. The lowest BCUT2D eigenvalue weighted by Gasteiger charge is -2.20. The number of nitrogens with zero attached hydrogens (tertiary/aromatic N) is 1. The third kappa shape index (κ3) is 2.15. The van der Waals surface area contributed by atoms with Crippen LogP contribution in [0.25, 0.3) is 0 Å². The Hall–Kier alpha value is -0.410. The molecular formula is C11H18N2S. The fourth-order valence-corrected chi connectivity index (χ4v) is 2.87. The average molecular weight is 210 g/mol. The van der Waals surface area contributed by atoms with Gasteiger partial charge in [0.15, 0.2) is 0 Å². The molecule has 1 aromatic rings. The first kappa shape index (κ1) is 10.1.